The lowest BCUT2D eigenvalue weighted by Crippen LogP contribution is -2.23. The van der Waals surface area contributed by atoms with Crippen LogP contribution in [0.3, 0.4) is 0 Å². The van der Waals surface area contributed by atoms with Gasteiger partial charge in [-0.3, -0.25) is 4.79 Å². The number of carbonyl (C=O) groups is 1. The van der Waals surface area contributed by atoms with Crippen LogP contribution >= 0.6 is 11.8 Å². The van der Waals surface area contributed by atoms with Crippen LogP contribution in [0.2, 0.25) is 0 Å². The Hall–Kier alpha value is -3.87. The molecule has 36 heavy (non-hydrogen) atoms. The standard InChI is InChI=1S/C30H26N4OS/c1-36-30-32-19-25-17-27(23-10-6-3-7-11-23)28(33-29(25)34-30)24-14-12-22(13-15-24)18-31-20-26(35)16-21-8-4-2-5-9-21/h2-15,17,19,31H,16,18,20H2,1H3. The van der Waals surface area contributed by atoms with E-state index in [1.165, 1.54) is 11.8 Å². The molecule has 5 aromatic rings. The van der Waals surface area contributed by atoms with Crippen LogP contribution in [0.15, 0.2) is 102 Å². The Morgan fingerprint density at radius 3 is 2.28 bits per heavy atom. The lowest BCUT2D eigenvalue weighted by Gasteiger charge is -2.12. The van der Waals surface area contributed by atoms with Crippen molar-refractivity contribution in [2.45, 2.75) is 18.1 Å². The van der Waals surface area contributed by atoms with Gasteiger partial charge in [0.1, 0.15) is 0 Å². The van der Waals surface area contributed by atoms with Gasteiger partial charge in [-0.1, -0.05) is 96.7 Å². The number of carbonyl (C=O) groups excluding carboxylic acids is 1. The van der Waals surface area contributed by atoms with Gasteiger partial charge in [-0.25, -0.2) is 15.0 Å². The molecule has 1 N–H and O–H groups in total. The maximum absolute atomic E-state index is 12.3. The summed E-state index contributed by atoms with van der Waals surface area (Å²) in [4.78, 5) is 26.3. The average molecular weight is 491 g/mol. The van der Waals surface area contributed by atoms with Crippen molar-refractivity contribution in [3.05, 3.63) is 108 Å². The number of aromatic nitrogens is 3. The summed E-state index contributed by atoms with van der Waals surface area (Å²) in [6.45, 7) is 0.973. The quantitative estimate of drug-likeness (QED) is 0.202. The van der Waals surface area contributed by atoms with E-state index in [-0.39, 0.29) is 5.78 Å². The van der Waals surface area contributed by atoms with E-state index < -0.39 is 0 Å². The first-order chi connectivity index (χ1) is 17.7. The zero-order chi connectivity index (χ0) is 24.7. The first-order valence-corrected chi connectivity index (χ1v) is 13.0. The monoisotopic (exact) mass is 490 g/mol. The van der Waals surface area contributed by atoms with Gasteiger partial charge in [-0.05, 0) is 29.0 Å². The van der Waals surface area contributed by atoms with Gasteiger partial charge in [0.2, 0.25) is 0 Å². The molecule has 0 aliphatic rings. The molecule has 2 heterocycles. The summed E-state index contributed by atoms with van der Waals surface area (Å²) in [7, 11) is 0. The molecule has 3 aromatic carbocycles. The van der Waals surface area contributed by atoms with Crippen LogP contribution in [0.25, 0.3) is 33.4 Å². The molecular formula is C30H26N4OS. The Balaban J connectivity index is 1.35. The minimum absolute atomic E-state index is 0.178. The number of hydrogen-bond donors (Lipinski definition) is 1. The summed E-state index contributed by atoms with van der Waals surface area (Å²) in [6, 6.07) is 30.5. The lowest BCUT2D eigenvalue weighted by molar-refractivity contribution is -0.117. The fourth-order valence-electron chi connectivity index (χ4n) is 4.12. The maximum atomic E-state index is 12.3. The topological polar surface area (TPSA) is 67.8 Å². The molecule has 0 saturated carbocycles. The number of Topliss-reactive ketones (excluding diaryl/α,β-unsaturated/α-hetero) is 1. The third kappa shape index (κ3) is 5.67. The summed E-state index contributed by atoms with van der Waals surface area (Å²) in [5.41, 5.74) is 6.88. The van der Waals surface area contributed by atoms with Gasteiger partial charge in [0.05, 0.1) is 12.2 Å². The van der Waals surface area contributed by atoms with Gasteiger partial charge in [-0.2, -0.15) is 0 Å². The zero-order valence-electron chi connectivity index (χ0n) is 20.0. The van der Waals surface area contributed by atoms with Gasteiger partial charge < -0.3 is 5.32 Å². The number of pyridine rings is 1. The summed E-state index contributed by atoms with van der Waals surface area (Å²) in [5, 5.41) is 4.89. The van der Waals surface area contributed by atoms with E-state index in [0.29, 0.717) is 30.3 Å². The molecule has 0 fully saturated rings. The number of hydrogen-bond acceptors (Lipinski definition) is 6. The molecule has 0 aliphatic heterocycles. The van der Waals surface area contributed by atoms with Crippen molar-refractivity contribution in [1.29, 1.82) is 0 Å². The van der Waals surface area contributed by atoms with E-state index in [1.54, 1.807) is 0 Å². The predicted molar refractivity (Wildman–Crippen MR) is 147 cm³/mol. The van der Waals surface area contributed by atoms with Gasteiger partial charge in [0, 0.05) is 35.7 Å². The summed E-state index contributed by atoms with van der Waals surface area (Å²) >= 11 is 1.50. The van der Waals surface area contributed by atoms with E-state index in [9.17, 15) is 4.79 Å². The van der Waals surface area contributed by atoms with Crippen molar-refractivity contribution >= 4 is 28.6 Å². The number of fused-ring (bicyclic) bond motifs is 1. The molecule has 0 bridgehead atoms. The molecule has 6 heteroatoms. The van der Waals surface area contributed by atoms with E-state index in [4.69, 9.17) is 4.98 Å². The fourth-order valence-corrected chi connectivity index (χ4v) is 4.45. The van der Waals surface area contributed by atoms with Crippen LogP contribution in [-0.2, 0) is 17.8 Å². The van der Waals surface area contributed by atoms with Crippen LogP contribution in [0, 0.1) is 0 Å². The third-order valence-corrected chi connectivity index (χ3v) is 6.50. The number of benzene rings is 3. The number of rotatable bonds is 9. The fraction of sp³-hybridized carbons (Fsp3) is 0.133. The molecule has 5 nitrogen and oxygen atoms in total. The second-order valence-electron chi connectivity index (χ2n) is 8.52. The second-order valence-corrected chi connectivity index (χ2v) is 9.30. The largest absolute Gasteiger partial charge is 0.306 e. The van der Waals surface area contributed by atoms with Crippen LogP contribution < -0.4 is 5.32 Å². The Labute approximate surface area is 215 Å². The van der Waals surface area contributed by atoms with Crippen LogP contribution in [0.4, 0.5) is 0 Å². The molecule has 2 aromatic heterocycles. The summed E-state index contributed by atoms with van der Waals surface area (Å²) < 4.78 is 0. The molecule has 5 rings (SSSR count). The van der Waals surface area contributed by atoms with Crippen molar-refractivity contribution in [1.82, 2.24) is 20.3 Å². The minimum atomic E-state index is 0.178. The minimum Gasteiger partial charge on any atom is -0.306 e. The summed E-state index contributed by atoms with van der Waals surface area (Å²) in [6.07, 6.45) is 4.25. The number of thioether (sulfide) groups is 1. The van der Waals surface area contributed by atoms with E-state index in [1.807, 2.05) is 61.0 Å². The molecule has 0 radical (unpaired) electrons. The summed E-state index contributed by atoms with van der Waals surface area (Å²) in [5.74, 6) is 0.178. The van der Waals surface area contributed by atoms with Gasteiger partial charge >= 0.3 is 0 Å². The van der Waals surface area contributed by atoms with E-state index in [0.717, 1.165) is 38.9 Å². The SMILES string of the molecule is CSc1ncc2cc(-c3ccccc3)c(-c3ccc(CNCC(=O)Cc4ccccc4)cc3)nc2n1. The maximum Gasteiger partial charge on any atom is 0.189 e. The third-order valence-electron chi connectivity index (χ3n) is 5.94. The van der Waals surface area contributed by atoms with Crippen LogP contribution in [0.1, 0.15) is 11.1 Å². The van der Waals surface area contributed by atoms with Gasteiger partial charge in [0.25, 0.3) is 0 Å². The van der Waals surface area contributed by atoms with Gasteiger partial charge in [0.15, 0.2) is 16.6 Å². The number of nitrogens with zero attached hydrogens (tertiary/aromatic N) is 3. The Kier molecular flexibility index (Phi) is 7.45. The molecule has 0 unspecified atom stereocenters. The number of ketones is 1. The highest BCUT2D eigenvalue weighted by Gasteiger charge is 2.13. The highest BCUT2D eigenvalue weighted by atomic mass is 32.2. The van der Waals surface area contributed by atoms with Crippen molar-refractivity contribution in [3.8, 4) is 22.4 Å². The molecule has 0 amide bonds. The first-order valence-electron chi connectivity index (χ1n) is 11.8. The molecular weight excluding hydrogens is 464 g/mol. The molecule has 0 saturated heterocycles. The molecule has 0 spiro atoms. The van der Waals surface area contributed by atoms with Crippen LogP contribution in [0.5, 0.6) is 0 Å². The first kappa shape index (κ1) is 23.9. The van der Waals surface area contributed by atoms with Crippen molar-refractivity contribution < 1.29 is 4.79 Å². The molecule has 0 atom stereocenters. The molecule has 178 valence electrons. The van der Waals surface area contributed by atoms with Crippen LogP contribution in [-0.4, -0.2) is 33.5 Å². The second kappa shape index (κ2) is 11.2. The highest BCUT2D eigenvalue weighted by molar-refractivity contribution is 7.98. The molecule has 0 aliphatic carbocycles. The predicted octanol–water partition coefficient (Wildman–Crippen LogP) is 5.98. The van der Waals surface area contributed by atoms with Crippen molar-refractivity contribution in [3.63, 3.8) is 0 Å². The van der Waals surface area contributed by atoms with Crippen molar-refractivity contribution in [2.24, 2.45) is 0 Å². The normalized spacial score (nSPS) is 11.0. The average Bonchev–Trinajstić information content (AvgIpc) is 2.93. The van der Waals surface area contributed by atoms with Gasteiger partial charge in [-0.15, -0.1) is 0 Å². The van der Waals surface area contributed by atoms with Crippen molar-refractivity contribution in [2.75, 3.05) is 12.8 Å². The Bertz CT molecular complexity index is 1470. The Morgan fingerprint density at radius 1 is 0.833 bits per heavy atom. The zero-order valence-corrected chi connectivity index (χ0v) is 20.8. The lowest BCUT2D eigenvalue weighted by atomic mass is 9.98. The van der Waals surface area contributed by atoms with E-state index in [2.05, 4.69) is 57.7 Å². The van der Waals surface area contributed by atoms with E-state index >= 15 is 0 Å². The Morgan fingerprint density at radius 2 is 1.56 bits per heavy atom. The highest BCUT2D eigenvalue weighted by Crippen LogP contribution is 2.33. The smallest absolute Gasteiger partial charge is 0.189 e. The number of nitrogens with one attached hydrogen (secondary N) is 1.